The monoisotopic (exact) mass is 356 g/mol. The van der Waals surface area contributed by atoms with Crippen molar-refractivity contribution in [2.24, 2.45) is 0 Å². The third-order valence-corrected chi connectivity index (χ3v) is 3.90. The Morgan fingerprint density at radius 1 is 1.48 bits per heavy atom. The van der Waals surface area contributed by atoms with E-state index < -0.39 is 0 Å². The van der Waals surface area contributed by atoms with Crippen molar-refractivity contribution in [2.75, 3.05) is 19.0 Å². The number of anilines is 1. The third kappa shape index (κ3) is 4.76. The van der Waals surface area contributed by atoms with Gasteiger partial charge in [0.2, 0.25) is 10.9 Å². The van der Waals surface area contributed by atoms with E-state index in [1.807, 2.05) is 12.1 Å². The average molecular weight is 356 g/mol. The molecule has 2 heterocycles. The summed E-state index contributed by atoms with van der Waals surface area (Å²) in [5.74, 6) is 0.652. The highest BCUT2D eigenvalue weighted by Crippen LogP contribution is 2.20. The first-order valence-electron chi connectivity index (χ1n) is 7.43. The summed E-state index contributed by atoms with van der Waals surface area (Å²) in [5, 5.41) is 28.2. The van der Waals surface area contributed by atoms with Gasteiger partial charge in [-0.05, 0) is 12.1 Å². The van der Waals surface area contributed by atoms with Crippen molar-refractivity contribution in [3.05, 3.63) is 36.3 Å². The lowest BCUT2D eigenvalue weighted by molar-refractivity contribution is -0.442. The second kappa shape index (κ2) is 8.23. The number of fused-ring (bicyclic) bond motifs is 1. The molecule has 0 saturated carbocycles. The smallest absolute Gasteiger partial charge is 0.269 e. The molecule has 25 heavy (non-hydrogen) atoms. The molecule has 2 aromatic heterocycles. The summed E-state index contributed by atoms with van der Waals surface area (Å²) in [5.41, 5.74) is 2.63. The zero-order valence-corrected chi connectivity index (χ0v) is 15.1. The minimum Gasteiger partial charge on any atom is -0.392 e. The van der Waals surface area contributed by atoms with Gasteiger partial charge in [0.1, 0.15) is 11.8 Å². The van der Waals surface area contributed by atoms with E-state index in [-0.39, 0.29) is 0 Å². The summed E-state index contributed by atoms with van der Waals surface area (Å²) in [6.45, 7) is 1.75. The van der Waals surface area contributed by atoms with Gasteiger partial charge in [-0.2, -0.15) is 10.2 Å². The Balaban J connectivity index is 2.32. The van der Waals surface area contributed by atoms with Crippen LogP contribution in [-0.2, 0) is 0 Å². The van der Waals surface area contributed by atoms with Crippen molar-refractivity contribution >= 4 is 44.5 Å². The van der Waals surface area contributed by atoms with Crippen LogP contribution >= 0.6 is 11.8 Å². The second-order valence-corrected chi connectivity index (χ2v) is 6.47. The van der Waals surface area contributed by atoms with Gasteiger partial charge in [0.05, 0.1) is 34.7 Å². The topological polar surface area (TPSA) is 131 Å². The van der Waals surface area contributed by atoms with Gasteiger partial charge in [0.15, 0.2) is 0 Å². The molecule has 2 aromatic rings. The van der Waals surface area contributed by atoms with E-state index in [0.29, 0.717) is 27.2 Å². The summed E-state index contributed by atoms with van der Waals surface area (Å²) >= 11 is 1.18. The number of rotatable bonds is 4. The molecule has 0 aliphatic rings. The number of amidine groups is 1. The Bertz CT molecular complexity index is 883. The van der Waals surface area contributed by atoms with Gasteiger partial charge in [0.25, 0.3) is 5.17 Å². The molecule has 8 nitrogen and oxygen atoms in total. The molecular formula is C16H20N8S+2. The lowest BCUT2D eigenvalue weighted by Gasteiger charge is -2.17. The van der Waals surface area contributed by atoms with Crippen molar-refractivity contribution in [1.82, 2.24) is 15.3 Å². The predicted octanol–water partition coefficient (Wildman–Crippen LogP) is -0.309. The largest absolute Gasteiger partial charge is 0.392 e. The molecule has 0 aliphatic carbocycles. The summed E-state index contributed by atoms with van der Waals surface area (Å²) < 4.78 is 0. The van der Waals surface area contributed by atoms with Crippen LogP contribution < -0.4 is 20.9 Å². The van der Waals surface area contributed by atoms with Crippen LogP contribution in [0.25, 0.3) is 11.0 Å². The van der Waals surface area contributed by atoms with Gasteiger partial charge in [-0.25, -0.2) is 10.7 Å². The summed E-state index contributed by atoms with van der Waals surface area (Å²) in [4.78, 5) is 10.6. The maximum atomic E-state index is 9.24. The lowest BCUT2D eigenvalue weighted by atomic mass is 10.2. The van der Waals surface area contributed by atoms with Gasteiger partial charge in [0, 0.05) is 33.3 Å². The summed E-state index contributed by atoms with van der Waals surface area (Å²) in [6, 6.07) is 7.65. The number of hydrogen-bond acceptors (Lipinski definition) is 7. The summed E-state index contributed by atoms with van der Waals surface area (Å²) in [7, 11) is 3.53. The number of quaternary nitrogens is 1. The molecular weight excluding hydrogens is 336 g/mol. The molecule has 0 bridgehead atoms. The van der Waals surface area contributed by atoms with Crippen molar-refractivity contribution in [1.29, 1.82) is 10.7 Å². The molecule has 0 atom stereocenters. The average Bonchev–Trinajstić information content (AvgIpc) is 2.57. The Kier molecular flexibility index (Phi) is 6.05. The number of hydrogen-bond donors (Lipinski definition) is 4. The quantitative estimate of drug-likeness (QED) is 0.338. The molecule has 0 fully saturated rings. The van der Waals surface area contributed by atoms with Crippen LogP contribution in [-0.4, -0.2) is 34.3 Å². The van der Waals surface area contributed by atoms with Crippen LogP contribution in [0.4, 0.5) is 11.5 Å². The van der Waals surface area contributed by atoms with E-state index >= 15 is 0 Å². The molecule has 0 saturated heterocycles. The van der Waals surface area contributed by atoms with Crippen LogP contribution in [0.1, 0.15) is 6.92 Å². The maximum Gasteiger partial charge on any atom is 0.269 e. The normalized spacial score (nSPS) is 11.0. The van der Waals surface area contributed by atoms with Crippen molar-refractivity contribution in [3.63, 3.8) is 0 Å². The highest BCUT2D eigenvalue weighted by atomic mass is 32.2. The molecule has 0 aliphatic heterocycles. The van der Waals surface area contributed by atoms with E-state index in [2.05, 4.69) is 21.4 Å². The molecule has 0 aromatic carbocycles. The molecule has 2 rings (SSSR count). The molecule has 128 valence electrons. The van der Waals surface area contributed by atoms with Crippen molar-refractivity contribution < 1.29 is 10.7 Å². The minimum atomic E-state index is 0.316. The zero-order valence-electron chi connectivity index (χ0n) is 14.2. The number of pyridine rings is 2. The highest BCUT2D eigenvalue weighted by Gasteiger charge is 2.12. The van der Waals surface area contributed by atoms with Crippen LogP contribution in [0.5, 0.6) is 0 Å². The highest BCUT2D eigenvalue weighted by molar-refractivity contribution is 8.25. The SMILES string of the molecule is CN/C=C(\C#N)N(C)c1cnc2ccc([NH2+]C(=N)SC(C)=[NH2+])nc2c1. The Labute approximate surface area is 150 Å². The molecule has 0 unspecified atom stereocenters. The number of nitrogens with zero attached hydrogens (tertiary/aromatic N) is 4. The number of allylic oxidation sites excluding steroid dienone is 1. The van der Waals surface area contributed by atoms with E-state index in [4.69, 9.17) is 10.8 Å². The van der Waals surface area contributed by atoms with E-state index in [1.54, 1.807) is 49.7 Å². The molecule has 6 N–H and O–H groups in total. The van der Waals surface area contributed by atoms with Crippen LogP contribution in [0.3, 0.4) is 0 Å². The predicted molar refractivity (Wildman–Crippen MR) is 100 cm³/mol. The first kappa shape index (κ1) is 18.4. The van der Waals surface area contributed by atoms with Gasteiger partial charge in [-0.1, -0.05) is 0 Å². The Morgan fingerprint density at radius 3 is 2.88 bits per heavy atom. The number of nitrogens with two attached hydrogens (primary N) is 2. The number of thioether (sulfide) groups is 1. The van der Waals surface area contributed by atoms with Crippen molar-refractivity contribution in [2.45, 2.75) is 6.92 Å². The van der Waals surface area contributed by atoms with Gasteiger partial charge in [-0.15, -0.1) is 0 Å². The van der Waals surface area contributed by atoms with E-state index in [0.717, 1.165) is 11.2 Å². The van der Waals surface area contributed by atoms with Gasteiger partial charge >= 0.3 is 0 Å². The van der Waals surface area contributed by atoms with Gasteiger partial charge < -0.3 is 10.2 Å². The number of nitriles is 1. The number of aromatic nitrogens is 2. The molecule has 9 heteroatoms. The second-order valence-electron chi connectivity index (χ2n) is 5.18. The maximum absolute atomic E-state index is 9.24. The molecule has 0 spiro atoms. The Morgan fingerprint density at radius 2 is 2.24 bits per heavy atom. The summed E-state index contributed by atoms with van der Waals surface area (Å²) in [6.07, 6.45) is 3.31. The van der Waals surface area contributed by atoms with Crippen molar-refractivity contribution in [3.8, 4) is 6.07 Å². The first-order valence-corrected chi connectivity index (χ1v) is 8.24. The third-order valence-electron chi connectivity index (χ3n) is 3.24. The van der Waals surface area contributed by atoms with Crippen LogP contribution in [0.15, 0.2) is 36.3 Å². The fraction of sp³-hybridized carbons (Fsp3) is 0.188. The standard InChI is InChI=1S/C16H18N8S/c1-10(18)25-16(19)23-15-5-4-13-14(22-15)6-11(9-21-13)24(3)12(7-17)8-20-2/h4-6,8-9,18,20H,1-3H3,(H2,19,22,23)/p+2/b12-8+,18-10?. The lowest BCUT2D eigenvalue weighted by Crippen LogP contribution is -2.81. The fourth-order valence-electron chi connectivity index (χ4n) is 2.09. The van der Waals surface area contributed by atoms with Gasteiger partial charge in [-0.3, -0.25) is 10.4 Å². The van der Waals surface area contributed by atoms with Crippen LogP contribution in [0, 0.1) is 16.7 Å². The zero-order chi connectivity index (χ0) is 18.4. The first-order chi connectivity index (χ1) is 11.9. The van der Waals surface area contributed by atoms with Crippen LogP contribution in [0.2, 0.25) is 0 Å². The van der Waals surface area contributed by atoms with E-state index in [1.165, 1.54) is 11.8 Å². The molecule has 0 radical (unpaired) electrons. The van der Waals surface area contributed by atoms with E-state index in [9.17, 15) is 5.26 Å². The minimum absolute atomic E-state index is 0.316. The molecule has 0 amide bonds. The Hall–Kier alpha value is -2.96. The fourth-order valence-corrected chi connectivity index (χ4v) is 2.62. The number of nitrogens with one attached hydrogen (secondary N) is 2.